The van der Waals surface area contributed by atoms with Gasteiger partial charge in [-0.3, -0.25) is 0 Å². The van der Waals surface area contributed by atoms with Gasteiger partial charge in [0, 0.05) is 11.6 Å². The summed E-state index contributed by atoms with van der Waals surface area (Å²) in [4.78, 5) is 4.58. The molecule has 0 fully saturated rings. The topological polar surface area (TPSA) is 65.9 Å². The highest BCUT2D eigenvalue weighted by Crippen LogP contribution is 2.26. The van der Waals surface area contributed by atoms with Gasteiger partial charge in [0.25, 0.3) is 0 Å². The summed E-state index contributed by atoms with van der Waals surface area (Å²) in [6.45, 7) is 5.26. The van der Waals surface area contributed by atoms with Crippen LogP contribution in [0.4, 0.5) is 0 Å². The molecule has 0 heterocycles. The van der Waals surface area contributed by atoms with Crippen molar-refractivity contribution in [2.45, 2.75) is 26.4 Å². The number of nitrogens with zero attached hydrogens (tertiary/aromatic N) is 1. The predicted molar refractivity (Wildman–Crippen MR) is 102 cm³/mol. The van der Waals surface area contributed by atoms with Crippen molar-refractivity contribution in [2.24, 2.45) is 4.99 Å². The van der Waals surface area contributed by atoms with E-state index in [9.17, 15) is 5.11 Å². The Balaban J connectivity index is 2.08. The lowest BCUT2D eigenvalue weighted by molar-refractivity contribution is 0.373. The Morgan fingerprint density at radius 3 is 2.72 bits per heavy atom. The Hall–Kier alpha value is -2.40. The van der Waals surface area contributed by atoms with Crippen molar-refractivity contribution in [3.05, 3.63) is 58.6 Å². The molecule has 0 saturated carbocycles. The summed E-state index contributed by atoms with van der Waals surface area (Å²) in [7, 11) is 1.53. The number of methoxy groups -OCH3 is 1. The molecule has 2 aromatic rings. The van der Waals surface area contributed by atoms with Gasteiger partial charge in [-0.05, 0) is 49.2 Å². The Bertz CT molecular complexity index is 734. The number of hydrogen-bond acceptors (Lipinski definition) is 3. The van der Waals surface area contributed by atoms with Crippen LogP contribution in [0.2, 0.25) is 5.02 Å². The molecule has 0 bridgehead atoms. The zero-order valence-electron chi connectivity index (χ0n) is 14.7. The Labute approximate surface area is 153 Å². The first kappa shape index (κ1) is 18.9. The van der Waals surface area contributed by atoms with Crippen LogP contribution in [0.5, 0.6) is 11.5 Å². The minimum absolute atomic E-state index is 0.0563. The van der Waals surface area contributed by atoms with Crippen LogP contribution in [-0.4, -0.2) is 24.7 Å². The van der Waals surface area contributed by atoms with Crippen molar-refractivity contribution in [1.29, 1.82) is 0 Å². The van der Waals surface area contributed by atoms with Gasteiger partial charge in [-0.15, -0.1) is 0 Å². The zero-order valence-corrected chi connectivity index (χ0v) is 15.5. The number of rotatable bonds is 6. The first-order chi connectivity index (χ1) is 12.0. The van der Waals surface area contributed by atoms with Crippen molar-refractivity contribution in [1.82, 2.24) is 10.6 Å². The average molecular weight is 362 g/mol. The lowest BCUT2D eigenvalue weighted by Gasteiger charge is -2.18. The van der Waals surface area contributed by atoms with Gasteiger partial charge in [-0.2, -0.15) is 0 Å². The molecule has 0 aliphatic carbocycles. The largest absolute Gasteiger partial charge is 0.504 e. The Kier molecular flexibility index (Phi) is 6.95. The normalized spacial score (nSPS) is 12.6. The van der Waals surface area contributed by atoms with E-state index in [4.69, 9.17) is 16.3 Å². The molecule has 6 heteroatoms. The number of hydrogen-bond donors (Lipinski definition) is 3. The summed E-state index contributed by atoms with van der Waals surface area (Å²) in [5.41, 5.74) is 1.98. The van der Waals surface area contributed by atoms with Crippen LogP contribution in [0.1, 0.15) is 31.0 Å². The smallest absolute Gasteiger partial charge is 0.192 e. The number of halogens is 1. The lowest BCUT2D eigenvalue weighted by Crippen LogP contribution is -2.38. The van der Waals surface area contributed by atoms with Gasteiger partial charge in [0.2, 0.25) is 0 Å². The maximum absolute atomic E-state index is 9.86. The molecule has 0 aliphatic heterocycles. The van der Waals surface area contributed by atoms with E-state index in [0.29, 0.717) is 23.3 Å². The molecule has 0 amide bonds. The minimum atomic E-state index is 0.0563. The van der Waals surface area contributed by atoms with Crippen LogP contribution in [-0.2, 0) is 6.54 Å². The summed E-state index contributed by atoms with van der Waals surface area (Å²) in [5, 5.41) is 17.2. The van der Waals surface area contributed by atoms with Crippen molar-refractivity contribution in [3.8, 4) is 11.5 Å². The molecular formula is C19H24ClN3O2. The molecule has 0 spiro atoms. The molecule has 1 unspecified atom stereocenters. The molecule has 0 radical (unpaired) electrons. The van der Waals surface area contributed by atoms with Gasteiger partial charge in [-0.25, -0.2) is 4.99 Å². The minimum Gasteiger partial charge on any atom is -0.504 e. The molecule has 2 aromatic carbocycles. The second kappa shape index (κ2) is 9.18. The van der Waals surface area contributed by atoms with Crippen molar-refractivity contribution in [2.75, 3.05) is 13.7 Å². The summed E-state index contributed by atoms with van der Waals surface area (Å²) < 4.78 is 5.05. The molecule has 0 aliphatic rings. The van der Waals surface area contributed by atoms with E-state index in [-0.39, 0.29) is 11.8 Å². The van der Waals surface area contributed by atoms with Crippen molar-refractivity contribution < 1.29 is 9.84 Å². The molecule has 0 aromatic heterocycles. The van der Waals surface area contributed by atoms with Crippen LogP contribution >= 0.6 is 11.6 Å². The number of phenols is 1. The molecule has 134 valence electrons. The van der Waals surface area contributed by atoms with E-state index >= 15 is 0 Å². The van der Waals surface area contributed by atoms with E-state index in [0.717, 1.165) is 17.7 Å². The van der Waals surface area contributed by atoms with Gasteiger partial charge in [0.15, 0.2) is 17.5 Å². The van der Waals surface area contributed by atoms with Gasteiger partial charge in [-0.1, -0.05) is 29.8 Å². The first-order valence-corrected chi connectivity index (χ1v) is 8.57. The third-order valence-electron chi connectivity index (χ3n) is 3.71. The first-order valence-electron chi connectivity index (χ1n) is 8.19. The summed E-state index contributed by atoms with van der Waals surface area (Å²) in [6.07, 6.45) is 0. The number of nitrogens with one attached hydrogen (secondary N) is 2. The fourth-order valence-corrected chi connectivity index (χ4v) is 2.59. The number of benzene rings is 2. The van der Waals surface area contributed by atoms with Gasteiger partial charge >= 0.3 is 0 Å². The highest BCUT2D eigenvalue weighted by Gasteiger charge is 2.08. The second-order valence-electron chi connectivity index (χ2n) is 5.62. The zero-order chi connectivity index (χ0) is 18.2. The number of guanidine groups is 1. The monoisotopic (exact) mass is 361 g/mol. The highest BCUT2D eigenvalue weighted by molar-refractivity contribution is 6.30. The molecule has 25 heavy (non-hydrogen) atoms. The molecule has 3 N–H and O–H groups in total. The quantitative estimate of drug-likeness (QED) is 0.539. The maximum Gasteiger partial charge on any atom is 0.192 e. The van der Waals surface area contributed by atoms with Crippen LogP contribution in [0.15, 0.2) is 47.5 Å². The van der Waals surface area contributed by atoms with Crippen LogP contribution in [0.3, 0.4) is 0 Å². The van der Waals surface area contributed by atoms with E-state index in [1.807, 2.05) is 37.3 Å². The lowest BCUT2D eigenvalue weighted by atomic mass is 10.1. The second-order valence-corrected chi connectivity index (χ2v) is 6.06. The molecule has 5 nitrogen and oxygen atoms in total. The van der Waals surface area contributed by atoms with Gasteiger partial charge in [0.05, 0.1) is 19.7 Å². The van der Waals surface area contributed by atoms with Crippen LogP contribution in [0, 0.1) is 0 Å². The van der Waals surface area contributed by atoms with Crippen molar-refractivity contribution in [3.63, 3.8) is 0 Å². The number of aliphatic imine (C=N–C) groups is 1. The van der Waals surface area contributed by atoms with Gasteiger partial charge in [0.1, 0.15) is 0 Å². The standard InChI is InChI=1S/C19H24ClN3O2/c1-4-21-19(23-13(2)15-6-5-7-16(20)11-15)22-12-14-8-9-18(25-3)17(24)10-14/h5-11,13,24H,4,12H2,1-3H3,(H2,21,22,23). The van der Waals surface area contributed by atoms with E-state index in [1.165, 1.54) is 7.11 Å². The molecule has 1 atom stereocenters. The molecular weight excluding hydrogens is 338 g/mol. The maximum atomic E-state index is 9.86. The third kappa shape index (κ3) is 5.57. The summed E-state index contributed by atoms with van der Waals surface area (Å²) in [5.74, 6) is 1.26. The van der Waals surface area contributed by atoms with E-state index in [1.54, 1.807) is 12.1 Å². The van der Waals surface area contributed by atoms with Crippen molar-refractivity contribution >= 4 is 17.6 Å². The number of aromatic hydroxyl groups is 1. The Morgan fingerprint density at radius 1 is 1.28 bits per heavy atom. The van der Waals surface area contributed by atoms with Crippen LogP contribution < -0.4 is 15.4 Å². The molecule has 2 rings (SSSR count). The highest BCUT2D eigenvalue weighted by atomic mass is 35.5. The van der Waals surface area contributed by atoms with Crippen LogP contribution in [0.25, 0.3) is 0 Å². The predicted octanol–water partition coefficient (Wildman–Crippen LogP) is 3.87. The number of ether oxygens (including phenoxy) is 1. The summed E-state index contributed by atoms with van der Waals surface area (Å²) >= 11 is 6.06. The fraction of sp³-hybridized carbons (Fsp3) is 0.316. The average Bonchev–Trinajstić information content (AvgIpc) is 2.60. The fourth-order valence-electron chi connectivity index (χ4n) is 2.39. The molecule has 0 saturated heterocycles. The van der Waals surface area contributed by atoms with E-state index in [2.05, 4.69) is 22.5 Å². The van der Waals surface area contributed by atoms with E-state index < -0.39 is 0 Å². The SMILES string of the molecule is CCNC(=NCc1ccc(OC)c(O)c1)NC(C)c1cccc(Cl)c1. The van der Waals surface area contributed by atoms with Gasteiger partial charge < -0.3 is 20.5 Å². The summed E-state index contributed by atoms with van der Waals surface area (Å²) in [6, 6.07) is 13.1. The third-order valence-corrected chi connectivity index (χ3v) is 3.94. The Morgan fingerprint density at radius 2 is 2.08 bits per heavy atom. The number of phenolic OH excluding ortho intramolecular Hbond substituents is 1.